The zero-order valence-electron chi connectivity index (χ0n) is 11.3. The van der Waals surface area contributed by atoms with E-state index in [1.807, 2.05) is 4.90 Å². The maximum Gasteiger partial charge on any atom is 0.225 e. The fourth-order valence-electron chi connectivity index (χ4n) is 2.52. The van der Waals surface area contributed by atoms with Crippen LogP contribution in [0.4, 0.5) is 0 Å². The molecule has 0 spiro atoms. The first-order valence-electron chi connectivity index (χ1n) is 6.85. The van der Waals surface area contributed by atoms with Gasteiger partial charge >= 0.3 is 0 Å². The van der Waals surface area contributed by atoms with Crippen molar-refractivity contribution in [1.29, 1.82) is 0 Å². The summed E-state index contributed by atoms with van der Waals surface area (Å²) in [7, 11) is 1.56. The van der Waals surface area contributed by atoms with Gasteiger partial charge in [0.15, 0.2) is 0 Å². The first-order chi connectivity index (χ1) is 9.15. The van der Waals surface area contributed by atoms with Crippen LogP contribution < -0.4 is 5.32 Å². The Balaban J connectivity index is 1.83. The molecule has 0 aromatic heterocycles. The molecule has 2 unspecified atom stereocenters. The fourth-order valence-corrected chi connectivity index (χ4v) is 2.52. The van der Waals surface area contributed by atoms with E-state index in [2.05, 4.69) is 5.32 Å². The summed E-state index contributed by atoms with van der Waals surface area (Å²) >= 11 is 0. The number of hydrogen-bond donors (Lipinski definition) is 2. The van der Waals surface area contributed by atoms with E-state index in [0.29, 0.717) is 32.0 Å². The van der Waals surface area contributed by atoms with E-state index < -0.39 is 0 Å². The second-order valence-electron chi connectivity index (χ2n) is 5.35. The van der Waals surface area contributed by atoms with Crippen LogP contribution >= 0.6 is 0 Å². The maximum atomic E-state index is 12.1. The van der Waals surface area contributed by atoms with Crippen LogP contribution in [0, 0.1) is 5.92 Å². The molecule has 2 rings (SSSR count). The van der Waals surface area contributed by atoms with Gasteiger partial charge in [-0.25, -0.2) is 0 Å². The van der Waals surface area contributed by atoms with Crippen molar-refractivity contribution in [2.75, 3.05) is 26.9 Å². The maximum absolute atomic E-state index is 12.1. The highest BCUT2D eigenvalue weighted by molar-refractivity contribution is 5.89. The third kappa shape index (κ3) is 3.67. The average Bonchev–Trinajstić information content (AvgIpc) is 3.13. The predicted molar refractivity (Wildman–Crippen MR) is 68.4 cm³/mol. The molecule has 0 radical (unpaired) electrons. The zero-order chi connectivity index (χ0) is 13.8. The van der Waals surface area contributed by atoms with Crippen LogP contribution in [0.3, 0.4) is 0 Å². The van der Waals surface area contributed by atoms with E-state index in [0.717, 1.165) is 12.8 Å². The lowest BCUT2D eigenvalue weighted by Crippen LogP contribution is -2.42. The number of aliphatic hydroxyl groups excluding tert-OH is 1. The molecule has 19 heavy (non-hydrogen) atoms. The van der Waals surface area contributed by atoms with Gasteiger partial charge in [0.2, 0.25) is 11.8 Å². The van der Waals surface area contributed by atoms with E-state index in [4.69, 9.17) is 9.84 Å². The number of hydrogen-bond acceptors (Lipinski definition) is 4. The number of methoxy groups -OCH3 is 1. The van der Waals surface area contributed by atoms with Crippen molar-refractivity contribution in [3.63, 3.8) is 0 Å². The monoisotopic (exact) mass is 270 g/mol. The Morgan fingerprint density at radius 3 is 2.89 bits per heavy atom. The highest BCUT2D eigenvalue weighted by Crippen LogP contribution is 2.32. The lowest BCUT2D eigenvalue weighted by Gasteiger charge is -2.19. The van der Waals surface area contributed by atoms with Gasteiger partial charge in [0.1, 0.15) is 0 Å². The molecule has 2 aliphatic rings. The summed E-state index contributed by atoms with van der Waals surface area (Å²) in [5.74, 6) is -0.272. The molecule has 1 saturated heterocycles. The minimum absolute atomic E-state index is 0.00605. The SMILES string of the molecule is COCC(CCO)NC(=O)C1CC(=O)N(C2CC2)C1. The molecule has 1 heterocycles. The number of nitrogens with zero attached hydrogens (tertiary/aromatic N) is 1. The number of amides is 2. The summed E-state index contributed by atoms with van der Waals surface area (Å²) in [4.78, 5) is 25.7. The summed E-state index contributed by atoms with van der Waals surface area (Å²) in [5.41, 5.74) is 0. The topological polar surface area (TPSA) is 78.9 Å². The largest absolute Gasteiger partial charge is 0.396 e. The van der Waals surface area contributed by atoms with Crippen molar-refractivity contribution >= 4 is 11.8 Å². The third-order valence-corrected chi connectivity index (χ3v) is 3.71. The molecule has 2 fully saturated rings. The Kier molecular flexibility index (Phi) is 4.76. The summed E-state index contributed by atoms with van der Waals surface area (Å²) in [6, 6.07) is 0.185. The predicted octanol–water partition coefficient (Wildman–Crippen LogP) is -0.489. The lowest BCUT2D eigenvalue weighted by atomic mass is 10.1. The molecule has 0 aromatic carbocycles. The van der Waals surface area contributed by atoms with Crippen molar-refractivity contribution in [3.05, 3.63) is 0 Å². The fraction of sp³-hybridized carbons (Fsp3) is 0.846. The van der Waals surface area contributed by atoms with Crippen molar-refractivity contribution in [1.82, 2.24) is 10.2 Å². The van der Waals surface area contributed by atoms with Crippen molar-refractivity contribution in [3.8, 4) is 0 Å². The van der Waals surface area contributed by atoms with Crippen LogP contribution in [0.5, 0.6) is 0 Å². The van der Waals surface area contributed by atoms with Gasteiger partial charge in [-0.2, -0.15) is 0 Å². The Morgan fingerprint density at radius 2 is 2.32 bits per heavy atom. The number of likely N-dealkylation sites (tertiary alicyclic amines) is 1. The first kappa shape index (κ1) is 14.3. The number of carbonyl (C=O) groups excluding carboxylic acids is 2. The molecule has 6 heteroatoms. The quantitative estimate of drug-likeness (QED) is 0.654. The van der Waals surface area contributed by atoms with E-state index in [9.17, 15) is 9.59 Å². The van der Waals surface area contributed by atoms with Crippen LogP contribution in [-0.4, -0.2) is 60.8 Å². The molecule has 2 amide bonds. The highest BCUT2D eigenvalue weighted by atomic mass is 16.5. The number of ether oxygens (including phenoxy) is 1. The molecule has 0 aromatic rings. The molecular formula is C13H22N2O4. The van der Waals surface area contributed by atoms with Gasteiger partial charge < -0.3 is 20.1 Å². The van der Waals surface area contributed by atoms with Crippen molar-refractivity contribution in [2.45, 2.75) is 37.8 Å². The van der Waals surface area contributed by atoms with Crippen molar-refractivity contribution < 1.29 is 19.4 Å². The van der Waals surface area contributed by atoms with Gasteiger partial charge in [-0.3, -0.25) is 9.59 Å². The van der Waals surface area contributed by atoms with Crippen LogP contribution in [-0.2, 0) is 14.3 Å². The molecule has 1 saturated carbocycles. The van der Waals surface area contributed by atoms with Crippen molar-refractivity contribution in [2.24, 2.45) is 5.92 Å². The van der Waals surface area contributed by atoms with Crippen LogP contribution in [0.25, 0.3) is 0 Å². The van der Waals surface area contributed by atoms with Gasteiger partial charge in [0, 0.05) is 32.7 Å². The van der Waals surface area contributed by atoms with Gasteiger partial charge in [-0.1, -0.05) is 0 Å². The standard InChI is InChI=1S/C13H22N2O4/c1-19-8-10(4-5-16)14-13(18)9-6-12(17)15(7-9)11-2-3-11/h9-11,16H,2-8H2,1H3,(H,14,18). The second kappa shape index (κ2) is 6.34. The van der Waals surface area contributed by atoms with E-state index >= 15 is 0 Å². The number of rotatable bonds is 7. The molecule has 2 N–H and O–H groups in total. The molecule has 1 aliphatic carbocycles. The Hall–Kier alpha value is -1.14. The summed E-state index contributed by atoms with van der Waals surface area (Å²) in [6.07, 6.45) is 2.90. The number of nitrogens with one attached hydrogen (secondary N) is 1. The summed E-state index contributed by atoms with van der Waals surface area (Å²) in [5, 5.41) is 11.8. The average molecular weight is 270 g/mol. The normalized spacial score (nSPS) is 24.6. The smallest absolute Gasteiger partial charge is 0.225 e. The van der Waals surface area contributed by atoms with Gasteiger partial charge in [-0.15, -0.1) is 0 Å². The third-order valence-electron chi connectivity index (χ3n) is 3.71. The minimum atomic E-state index is -0.258. The molecular weight excluding hydrogens is 248 g/mol. The Labute approximate surface area is 113 Å². The number of carbonyl (C=O) groups is 2. The Morgan fingerprint density at radius 1 is 1.58 bits per heavy atom. The highest BCUT2D eigenvalue weighted by Gasteiger charge is 2.41. The zero-order valence-corrected chi connectivity index (χ0v) is 11.3. The van der Waals surface area contributed by atoms with Gasteiger partial charge in [0.25, 0.3) is 0 Å². The van der Waals surface area contributed by atoms with Gasteiger partial charge in [-0.05, 0) is 19.3 Å². The van der Waals surface area contributed by atoms with E-state index in [-0.39, 0.29) is 30.4 Å². The Bertz CT molecular complexity index is 338. The summed E-state index contributed by atoms with van der Waals surface area (Å²) < 4.78 is 5.01. The minimum Gasteiger partial charge on any atom is -0.396 e. The van der Waals surface area contributed by atoms with Crippen LogP contribution in [0.15, 0.2) is 0 Å². The molecule has 0 bridgehead atoms. The summed E-state index contributed by atoms with van der Waals surface area (Å²) in [6.45, 7) is 0.916. The van der Waals surface area contributed by atoms with Crippen LogP contribution in [0.2, 0.25) is 0 Å². The first-order valence-corrected chi connectivity index (χ1v) is 6.85. The molecule has 108 valence electrons. The molecule has 1 aliphatic heterocycles. The molecule has 2 atom stereocenters. The van der Waals surface area contributed by atoms with E-state index in [1.165, 1.54) is 0 Å². The van der Waals surface area contributed by atoms with Gasteiger partial charge in [0.05, 0.1) is 18.6 Å². The second-order valence-corrected chi connectivity index (χ2v) is 5.35. The lowest BCUT2D eigenvalue weighted by molar-refractivity contribution is -0.129. The van der Waals surface area contributed by atoms with Crippen LogP contribution in [0.1, 0.15) is 25.7 Å². The number of aliphatic hydroxyl groups is 1. The molecule has 6 nitrogen and oxygen atoms in total. The van der Waals surface area contributed by atoms with E-state index in [1.54, 1.807) is 7.11 Å².